The summed E-state index contributed by atoms with van der Waals surface area (Å²) in [5.74, 6) is -0.370. The van der Waals surface area contributed by atoms with E-state index in [4.69, 9.17) is 4.74 Å². The minimum Gasteiger partial charge on any atom is -0.468 e. The van der Waals surface area contributed by atoms with Gasteiger partial charge >= 0.3 is 5.97 Å². The molecule has 1 aliphatic rings. The summed E-state index contributed by atoms with van der Waals surface area (Å²) < 4.78 is 18.3. The van der Waals surface area contributed by atoms with Gasteiger partial charge < -0.3 is 4.74 Å². The van der Waals surface area contributed by atoms with Crippen LogP contribution >= 0.6 is 0 Å². The number of rotatable bonds is 8. The lowest BCUT2D eigenvalue weighted by molar-refractivity contribution is -0.148. The van der Waals surface area contributed by atoms with Crippen LogP contribution in [0.25, 0.3) is 0 Å². The van der Waals surface area contributed by atoms with E-state index in [1.807, 2.05) is 33.0 Å². The van der Waals surface area contributed by atoms with Gasteiger partial charge in [-0.3, -0.25) is 10.2 Å². The minimum atomic E-state index is -0.312. The Morgan fingerprint density at radius 3 is 2.91 bits per heavy atom. The summed E-state index contributed by atoms with van der Waals surface area (Å²) in [5.41, 5.74) is 4.21. The monoisotopic (exact) mass is 310 g/mol. The van der Waals surface area contributed by atoms with Gasteiger partial charge in [0.25, 0.3) is 0 Å². The van der Waals surface area contributed by atoms with Crippen LogP contribution in [-0.4, -0.2) is 37.2 Å². The summed E-state index contributed by atoms with van der Waals surface area (Å²) in [6.45, 7) is 4.04. The van der Waals surface area contributed by atoms with E-state index in [9.17, 15) is 9.18 Å². The van der Waals surface area contributed by atoms with Crippen LogP contribution in [0, 0.1) is 0 Å². The number of hydrogen-bond acceptors (Lipinski definition) is 4. The zero-order valence-corrected chi connectivity index (χ0v) is 13.9. The van der Waals surface area contributed by atoms with E-state index in [1.54, 1.807) is 17.2 Å². The molecule has 0 spiro atoms. The van der Waals surface area contributed by atoms with Crippen molar-refractivity contribution < 1.29 is 13.9 Å². The number of halogens is 1. The van der Waals surface area contributed by atoms with E-state index in [0.29, 0.717) is 12.8 Å². The van der Waals surface area contributed by atoms with Crippen LogP contribution in [0.4, 0.5) is 4.39 Å². The van der Waals surface area contributed by atoms with Gasteiger partial charge in [0.1, 0.15) is 11.9 Å². The lowest BCUT2D eigenvalue weighted by atomic mass is 10.1. The Hall–Kier alpha value is -1.46. The number of hydrogen-bond donors (Lipinski definition) is 1. The van der Waals surface area contributed by atoms with Gasteiger partial charge in [-0.25, -0.2) is 9.40 Å². The van der Waals surface area contributed by atoms with Crippen LogP contribution in [0.3, 0.4) is 0 Å². The summed E-state index contributed by atoms with van der Waals surface area (Å²) >= 11 is 0. The third-order valence-electron chi connectivity index (χ3n) is 3.57. The average Bonchev–Trinajstić information content (AvgIpc) is 2.67. The quantitative estimate of drug-likeness (QED) is 0.552. The first-order valence-corrected chi connectivity index (χ1v) is 7.76. The Bertz CT molecular complexity index is 458. The van der Waals surface area contributed by atoms with Crippen LogP contribution in [0.2, 0.25) is 0 Å². The predicted molar refractivity (Wildman–Crippen MR) is 86.7 cm³/mol. The number of nitrogens with one attached hydrogen (secondary N) is 1. The van der Waals surface area contributed by atoms with Crippen LogP contribution < -0.4 is 5.43 Å². The molecule has 5 heteroatoms. The lowest BCUT2D eigenvalue weighted by Crippen LogP contribution is -2.50. The van der Waals surface area contributed by atoms with E-state index in [0.717, 1.165) is 18.4 Å². The molecule has 4 nitrogen and oxygen atoms in total. The second-order valence-corrected chi connectivity index (χ2v) is 5.64. The van der Waals surface area contributed by atoms with Crippen molar-refractivity contribution in [1.29, 1.82) is 0 Å². The van der Waals surface area contributed by atoms with E-state index in [2.05, 4.69) is 5.43 Å². The molecule has 22 heavy (non-hydrogen) atoms. The molecule has 0 radical (unpaired) electrons. The fraction of sp³-hybridized carbons (Fsp3) is 0.588. The van der Waals surface area contributed by atoms with E-state index >= 15 is 0 Å². The zero-order valence-electron chi connectivity index (χ0n) is 13.9. The number of allylic oxidation sites excluding steroid dienone is 5. The van der Waals surface area contributed by atoms with E-state index < -0.39 is 0 Å². The number of carbonyl (C=O) groups excluding carboxylic acids is 1. The molecule has 0 aromatic carbocycles. The van der Waals surface area contributed by atoms with Gasteiger partial charge in [-0.1, -0.05) is 31.6 Å². The average molecular weight is 310 g/mol. The summed E-state index contributed by atoms with van der Waals surface area (Å²) in [6.07, 6.45) is 9.84. The van der Waals surface area contributed by atoms with Crippen LogP contribution in [0.5, 0.6) is 0 Å². The van der Waals surface area contributed by atoms with Crippen molar-refractivity contribution in [3.05, 3.63) is 35.7 Å². The van der Waals surface area contributed by atoms with E-state index in [1.165, 1.54) is 7.11 Å². The highest BCUT2D eigenvalue weighted by Gasteiger charge is 2.24. The van der Waals surface area contributed by atoms with Crippen molar-refractivity contribution in [2.24, 2.45) is 0 Å². The van der Waals surface area contributed by atoms with Gasteiger partial charge in [-0.15, -0.1) is 0 Å². The molecule has 2 unspecified atom stereocenters. The molecule has 0 bridgehead atoms. The fourth-order valence-electron chi connectivity index (χ4n) is 2.52. The Morgan fingerprint density at radius 1 is 1.55 bits per heavy atom. The van der Waals surface area contributed by atoms with Crippen molar-refractivity contribution in [2.45, 2.75) is 51.6 Å². The highest BCUT2D eigenvalue weighted by molar-refractivity contribution is 5.75. The maximum absolute atomic E-state index is 13.5. The van der Waals surface area contributed by atoms with Crippen LogP contribution in [-0.2, 0) is 9.53 Å². The summed E-state index contributed by atoms with van der Waals surface area (Å²) in [5, 5.41) is 1.80. The molecule has 0 amide bonds. The predicted octanol–water partition coefficient (Wildman–Crippen LogP) is 3.28. The van der Waals surface area contributed by atoms with Gasteiger partial charge in [0.2, 0.25) is 0 Å². The molecular formula is C17H27FN2O2. The molecule has 2 atom stereocenters. The molecule has 1 aliphatic carbocycles. The van der Waals surface area contributed by atoms with E-state index in [-0.39, 0.29) is 23.9 Å². The standard InChI is InChI=1S/C17H27FN2O2/c1-5-8-16(17(21)22-4)20(3)19-13(2)11-14-9-6-7-10-15(18)12-14/h6-7,9,12-13,16,19H,5,8,10-11H2,1-4H3. The number of nitrogens with zero attached hydrogens (tertiary/aromatic N) is 1. The van der Waals surface area contributed by atoms with Crippen LogP contribution in [0.15, 0.2) is 35.7 Å². The highest BCUT2D eigenvalue weighted by atomic mass is 19.1. The molecule has 0 aromatic heterocycles. The van der Waals surface area contributed by atoms with Gasteiger partial charge in [-0.05, 0) is 31.4 Å². The molecule has 1 rings (SSSR count). The number of ether oxygens (including phenoxy) is 1. The number of methoxy groups -OCH3 is 1. The van der Waals surface area contributed by atoms with Crippen molar-refractivity contribution in [2.75, 3.05) is 14.2 Å². The smallest absolute Gasteiger partial charge is 0.324 e. The van der Waals surface area contributed by atoms with Gasteiger partial charge in [0, 0.05) is 19.5 Å². The van der Waals surface area contributed by atoms with Gasteiger partial charge in [0.05, 0.1) is 7.11 Å². The first kappa shape index (κ1) is 18.6. The first-order valence-electron chi connectivity index (χ1n) is 7.76. The largest absolute Gasteiger partial charge is 0.468 e. The Balaban J connectivity index is 2.60. The Morgan fingerprint density at radius 2 is 2.27 bits per heavy atom. The SMILES string of the molecule is CCCC(C(=O)OC)N(C)NC(C)CC1=CC=CCC(F)=C1. The maximum atomic E-state index is 13.5. The molecule has 0 heterocycles. The molecule has 0 saturated carbocycles. The van der Waals surface area contributed by atoms with Gasteiger partial charge in [-0.2, -0.15) is 0 Å². The Labute approximate surface area is 132 Å². The topological polar surface area (TPSA) is 41.6 Å². The fourth-order valence-corrected chi connectivity index (χ4v) is 2.52. The molecular weight excluding hydrogens is 283 g/mol. The third-order valence-corrected chi connectivity index (χ3v) is 3.57. The highest BCUT2D eigenvalue weighted by Crippen LogP contribution is 2.17. The molecule has 124 valence electrons. The summed E-state index contributed by atoms with van der Waals surface area (Å²) in [7, 11) is 3.24. The normalized spacial score (nSPS) is 17.5. The second-order valence-electron chi connectivity index (χ2n) is 5.64. The minimum absolute atomic E-state index is 0.0795. The number of hydrazine groups is 1. The molecule has 1 N–H and O–H groups in total. The first-order chi connectivity index (χ1) is 10.5. The van der Waals surface area contributed by atoms with Gasteiger partial charge in [0.15, 0.2) is 0 Å². The van der Waals surface area contributed by atoms with Crippen LogP contribution in [0.1, 0.15) is 39.5 Å². The summed E-state index contributed by atoms with van der Waals surface area (Å²) in [6, 6.07) is -0.233. The number of likely N-dealkylation sites (N-methyl/N-ethyl adjacent to an activating group) is 1. The molecule has 0 aliphatic heterocycles. The molecule has 0 aromatic rings. The zero-order chi connectivity index (χ0) is 16.5. The Kier molecular flexibility index (Phi) is 8.06. The third kappa shape index (κ3) is 6.12. The van der Waals surface area contributed by atoms with Crippen molar-refractivity contribution in [1.82, 2.24) is 10.4 Å². The summed E-state index contributed by atoms with van der Waals surface area (Å²) in [4.78, 5) is 11.8. The molecule has 0 saturated heterocycles. The number of esters is 1. The number of carbonyl (C=O) groups is 1. The lowest BCUT2D eigenvalue weighted by Gasteiger charge is -2.29. The molecule has 0 fully saturated rings. The van der Waals surface area contributed by atoms with Crippen molar-refractivity contribution in [3.63, 3.8) is 0 Å². The van der Waals surface area contributed by atoms with Crippen molar-refractivity contribution >= 4 is 5.97 Å². The second kappa shape index (κ2) is 9.54. The maximum Gasteiger partial charge on any atom is 0.324 e. The van der Waals surface area contributed by atoms with Crippen molar-refractivity contribution in [3.8, 4) is 0 Å².